The molecule has 0 saturated heterocycles. The van der Waals surface area contributed by atoms with Gasteiger partial charge in [-0.25, -0.2) is 4.79 Å². The van der Waals surface area contributed by atoms with E-state index in [2.05, 4.69) is 6.92 Å². The van der Waals surface area contributed by atoms with Crippen LogP contribution in [0.25, 0.3) is 0 Å². The van der Waals surface area contributed by atoms with Gasteiger partial charge in [-0.15, -0.1) is 4.48 Å². The monoisotopic (exact) mass is 445 g/mol. The van der Waals surface area contributed by atoms with Crippen molar-refractivity contribution < 1.29 is 19.4 Å². The molecule has 0 aliphatic carbocycles. The number of hydrogen-bond donors (Lipinski definition) is 0. The van der Waals surface area contributed by atoms with E-state index in [0.29, 0.717) is 18.0 Å². The number of imide groups is 1. The molecule has 3 rings (SSSR count). The molecule has 0 fully saturated rings. The molecule has 0 aliphatic rings. The van der Waals surface area contributed by atoms with Crippen molar-refractivity contribution in [3.8, 4) is 5.75 Å². The number of unbranched alkanes of at least 4 members (excludes halogenated alkanes) is 5. The average Bonchev–Trinajstić information content (AvgIpc) is 2.85. The third kappa shape index (κ3) is 5.68. The van der Waals surface area contributed by atoms with Gasteiger partial charge in [0.25, 0.3) is 6.09 Å². The van der Waals surface area contributed by atoms with E-state index in [1.165, 1.54) is 25.7 Å². The lowest BCUT2D eigenvalue weighted by atomic mass is 10.1. The summed E-state index contributed by atoms with van der Waals surface area (Å²) in [6.45, 7) is 2.80. The SMILES string of the molecule is CCCCCCCCOc1ccc([N+](C(=O)[O-])(C(=O)c2ccccc2)c2ccccc2)cc1. The van der Waals surface area contributed by atoms with Crippen LogP contribution in [0.2, 0.25) is 0 Å². The molecule has 1 atom stereocenters. The lowest BCUT2D eigenvalue weighted by Crippen LogP contribution is -2.60. The summed E-state index contributed by atoms with van der Waals surface area (Å²) < 4.78 is 4.77. The zero-order chi connectivity index (χ0) is 23.5. The van der Waals surface area contributed by atoms with E-state index in [1.54, 1.807) is 84.9 Å². The first kappa shape index (κ1) is 24.2. The average molecular weight is 446 g/mol. The van der Waals surface area contributed by atoms with Gasteiger partial charge >= 0.3 is 5.91 Å². The standard InChI is InChI=1S/C28H31NO4/c1-2-3-4-5-6-13-22-33-26-20-18-25(19-21-26)29(28(31)32,24-16-11-8-12-17-24)27(30)23-14-9-7-10-15-23/h7-12,14-21H,2-6,13,22H2,1H3. The highest BCUT2D eigenvalue weighted by molar-refractivity contribution is 6.17. The second-order valence-electron chi connectivity index (χ2n) is 8.05. The van der Waals surface area contributed by atoms with Crippen LogP contribution in [0.1, 0.15) is 55.8 Å². The van der Waals surface area contributed by atoms with E-state index in [0.717, 1.165) is 12.8 Å². The van der Waals surface area contributed by atoms with Crippen molar-refractivity contribution in [3.05, 3.63) is 90.5 Å². The minimum atomic E-state index is -1.52. The summed E-state index contributed by atoms with van der Waals surface area (Å²) in [5, 5.41) is 12.7. The molecule has 0 N–H and O–H groups in total. The van der Waals surface area contributed by atoms with Gasteiger partial charge in [0, 0.05) is 24.3 Å². The minimum absolute atomic E-state index is 0.280. The topological polar surface area (TPSA) is 66.4 Å². The molecule has 0 aliphatic heterocycles. The predicted octanol–water partition coefficient (Wildman–Crippen LogP) is 6.25. The van der Waals surface area contributed by atoms with Crippen LogP contribution in [0.15, 0.2) is 84.9 Å². The highest BCUT2D eigenvalue weighted by Crippen LogP contribution is 2.37. The summed E-state index contributed by atoms with van der Waals surface area (Å²) in [5.41, 5.74) is 0.864. The number of ether oxygens (including phenoxy) is 1. The van der Waals surface area contributed by atoms with Crippen molar-refractivity contribution in [2.24, 2.45) is 0 Å². The van der Waals surface area contributed by atoms with Crippen molar-refractivity contribution in [2.45, 2.75) is 45.4 Å². The Hall–Kier alpha value is -3.44. The summed E-state index contributed by atoms with van der Waals surface area (Å²) in [5.74, 6) is 0.0477. The van der Waals surface area contributed by atoms with Gasteiger partial charge in [0.05, 0.1) is 12.2 Å². The number of carbonyl (C=O) groups is 2. The first-order valence-electron chi connectivity index (χ1n) is 11.6. The van der Waals surface area contributed by atoms with Crippen molar-refractivity contribution in [1.82, 2.24) is 4.48 Å². The van der Waals surface area contributed by atoms with Gasteiger partial charge in [-0.2, -0.15) is 0 Å². The molecule has 0 saturated carbocycles. The summed E-state index contributed by atoms with van der Waals surface area (Å²) >= 11 is 0. The Morgan fingerprint density at radius 2 is 1.27 bits per heavy atom. The molecule has 5 nitrogen and oxygen atoms in total. The Morgan fingerprint density at radius 1 is 0.727 bits per heavy atom. The molecular weight excluding hydrogens is 414 g/mol. The molecule has 0 bridgehead atoms. The summed E-state index contributed by atoms with van der Waals surface area (Å²) in [6, 6.07) is 23.5. The van der Waals surface area contributed by atoms with Crippen LogP contribution in [0.4, 0.5) is 16.2 Å². The largest absolute Gasteiger partial charge is 0.497 e. The van der Waals surface area contributed by atoms with Gasteiger partial charge in [-0.05, 0) is 30.7 Å². The maximum atomic E-state index is 13.6. The van der Waals surface area contributed by atoms with Crippen LogP contribution < -0.4 is 14.3 Å². The Labute approximate surface area is 195 Å². The Kier molecular flexibility index (Phi) is 8.79. The summed E-state index contributed by atoms with van der Waals surface area (Å²) in [7, 11) is 0. The molecule has 3 aromatic rings. The number of nitrogens with zero attached hydrogens (tertiary/aromatic N) is 1. The maximum Gasteiger partial charge on any atom is 0.362 e. The molecular formula is C28H31NO4. The molecule has 5 heteroatoms. The quantitative estimate of drug-likeness (QED) is 0.258. The van der Waals surface area contributed by atoms with Gasteiger partial charge in [-0.1, -0.05) is 75.4 Å². The van der Waals surface area contributed by atoms with Crippen LogP contribution in [-0.4, -0.2) is 18.6 Å². The second-order valence-corrected chi connectivity index (χ2v) is 8.05. The number of carboxylic acid groups (broad SMARTS) is 1. The third-order valence-corrected chi connectivity index (χ3v) is 5.73. The van der Waals surface area contributed by atoms with Crippen molar-refractivity contribution >= 4 is 23.4 Å². The molecule has 0 heterocycles. The molecule has 172 valence electrons. The van der Waals surface area contributed by atoms with Gasteiger partial charge in [0.2, 0.25) is 0 Å². The van der Waals surface area contributed by atoms with E-state index in [9.17, 15) is 14.7 Å². The maximum absolute atomic E-state index is 13.6. The number of rotatable bonds is 11. The molecule has 3 aromatic carbocycles. The van der Waals surface area contributed by atoms with Gasteiger partial charge in [0.15, 0.2) is 11.4 Å². The van der Waals surface area contributed by atoms with Crippen LogP contribution in [0, 0.1) is 0 Å². The van der Waals surface area contributed by atoms with Crippen LogP contribution in [0.3, 0.4) is 0 Å². The Balaban J connectivity index is 1.86. The van der Waals surface area contributed by atoms with Crippen LogP contribution >= 0.6 is 0 Å². The highest BCUT2D eigenvalue weighted by Gasteiger charge is 2.45. The number of para-hydroxylation sites is 1. The van der Waals surface area contributed by atoms with Crippen LogP contribution in [-0.2, 0) is 0 Å². The van der Waals surface area contributed by atoms with Crippen molar-refractivity contribution in [3.63, 3.8) is 0 Å². The molecule has 1 unspecified atom stereocenters. The number of quaternary nitrogens is 1. The number of carbonyl (C=O) groups excluding carboxylic acids is 2. The van der Waals surface area contributed by atoms with Gasteiger partial charge in [0.1, 0.15) is 5.75 Å². The van der Waals surface area contributed by atoms with E-state index >= 15 is 0 Å². The van der Waals surface area contributed by atoms with Crippen molar-refractivity contribution in [2.75, 3.05) is 6.61 Å². The highest BCUT2D eigenvalue weighted by atomic mass is 16.5. The van der Waals surface area contributed by atoms with Crippen molar-refractivity contribution in [1.29, 1.82) is 0 Å². The number of hydrogen-bond acceptors (Lipinski definition) is 4. The Morgan fingerprint density at radius 3 is 1.88 bits per heavy atom. The van der Waals surface area contributed by atoms with Gasteiger partial charge in [-0.3, -0.25) is 0 Å². The molecule has 0 radical (unpaired) electrons. The summed E-state index contributed by atoms with van der Waals surface area (Å²) in [6.07, 6.45) is 5.54. The van der Waals surface area contributed by atoms with E-state index < -0.39 is 16.5 Å². The molecule has 2 amide bonds. The first-order chi connectivity index (χ1) is 16.1. The fourth-order valence-electron chi connectivity index (χ4n) is 3.94. The zero-order valence-electron chi connectivity index (χ0n) is 19.1. The fourth-order valence-corrected chi connectivity index (χ4v) is 3.94. The molecule has 33 heavy (non-hydrogen) atoms. The van der Waals surface area contributed by atoms with E-state index in [1.807, 2.05) is 0 Å². The number of amides is 2. The molecule has 0 spiro atoms. The number of benzene rings is 3. The minimum Gasteiger partial charge on any atom is -0.497 e. The first-order valence-corrected chi connectivity index (χ1v) is 11.6. The lowest BCUT2D eigenvalue weighted by molar-refractivity contribution is -0.257. The fraction of sp³-hybridized carbons (Fsp3) is 0.286. The predicted molar refractivity (Wildman–Crippen MR) is 129 cm³/mol. The summed E-state index contributed by atoms with van der Waals surface area (Å²) in [4.78, 5) is 26.3. The van der Waals surface area contributed by atoms with Gasteiger partial charge < -0.3 is 14.6 Å². The zero-order valence-corrected chi connectivity index (χ0v) is 19.1. The second kappa shape index (κ2) is 12.0. The molecule has 0 aromatic heterocycles. The normalized spacial score (nSPS) is 12.6. The van der Waals surface area contributed by atoms with E-state index in [-0.39, 0.29) is 11.3 Å². The van der Waals surface area contributed by atoms with E-state index in [4.69, 9.17) is 4.74 Å². The third-order valence-electron chi connectivity index (χ3n) is 5.73. The lowest BCUT2D eigenvalue weighted by Gasteiger charge is -2.34. The van der Waals surface area contributed by atoms with Crippen LogP contribution in [0.5, 0.6) is 5.75 Å². The Bertz CT molecular complexity index is 1020. The smallest absolute Gasteiger partial charge is 0.362 e.